The summed E-state index contributed by atoms with van der Waals surface area (Å²) in [5, 5.41) is 7.39. The third-order valence-corrected chi connectivity index (χ3v) is 8.09. The molecule has 1 unspecified atom stereocenters. The normalized spacial score (nSPS) is 21.3. The van der Waals surface area contributed by atoms with Crippen molar-refractivity contribution < 1.29 is 9.47 Å². The van der Waals surface area contributed by atoms with Gasteiger partial charge in [-0.3, -0.25) is 0 Å². The van der Waals surface area contributed by atoms with E-state index in [4.69, 9.17) is 14.5 Å². The van der Waals surface area contributed by atoms with E-state index in [0.717, 1.165) is 75.9 Å². The van der Waals surface area contributed by atoms with E-state index in [9.17, 15) is 0 Å². The van der Waals surface area contributed by atoms with Crippen LogP contribution < -0.4 is 15.4 Å². The Balaban J connectivity index is 1.17. The first-order valence-electron chi connectivity index (χ1n) is 13.6. The molecule has 194 valence electrons. The van der Waals surface area contributed by atoms with Crippen molar-refractivity contribution in [2.45, 2.75) is 50.6 Å². The molecule has 0 radical (unpaired) electrons. The van der Waals surface area contributed by atoms with E-state index >= 15 is 0 Å². The van der Waals surface area contributed by atoms with Crippen LogP contribution in [0.15, 0.2) is 48.5 Å². The third-order valence-electron chi connectivity index (χ3n) is 8.09. The predicted molar refractivity (Wildman–Crippen MR) is 146 cm³/mol. The first-order valence-corrected chi connectivity index (χ1v) is 13.6. The zero-order valence-corrected chi connectivity index (χ0v) is 21.8. The molecule has 1 atom stereocenters. The van der Waals surface area contributed by atoms with Crippen LogP contribution in [0.4, 0.5) is 5.95 Å². The number of likely N-dealkylation sites (tertiary alicyclic amines) is 1. The first kappa shape index (κ1) is 25.1. The highest BCUT2D eigenvalue weighted by molar-refractivity contribution is 5.78. The molecule has 3 aromatic rings. The zero-order chi connectivity index (χ0) is 24.8. The maximum absolute atomic E-state index is 5.64. The van der Waals surface area contributed by atoms with Crippen molar-refractivity contribution in [2.75, 3.05) is 58.4 Å². The number of rotatable bonds is 11. The second kappa shape index (κ2) is 11.6. The van der Waals surface area contributed by atoms with E-state index in [1.165, 1.54) is 23.9 Å². The maximum atomic E-state index is 5.64. The molecule has 2 saturated heterocycles. The number of hydrogen-bond acceptors (Lipinski definition) is 6. The van der Waals surface area contributed by atoms with Gasteiger partial charge in [0.05, 0.1) is 24.8 Å². The summed E-state index contributed by atoms with van der Waals surface area (Å²) in [5.74, 6) is 1.91. The molecule has 2 fully saturated rings. The molecule has 0 bridgehead atoms. The summed E-state index contributed by atoms with van der Waals surface area (Å²) in [5.41, 5.74) is 3.89. The molecule has 7 nitrogen and oxygen atoms in total. The summed E-state index contributed by atoms with van der Waals surface area (Å²) >= 11 is 0. The molecule has 0 spiro atoms. The van der Waals surface area contributed by atoms with E-state index in [1.807, 2.05) is 6.92 Å². The lowest BCUT2D eigenvalue weighted by atomic mass is 9.76. The lowest BCUT2D eigenvalue weighted by molar-refractivity contribution is 0.140. The number of fused-ring (bicyclic) bond motifs is 1. The molecule has 5 rings (SSSR count). The van der Waals surface area contributed by atoms with Gasteiger partial charge in [-0.2, -0.15) is 0 Å². The number of piperidine rings is 1. The van der Waals surface area contributed by atoms with E-state index in [-0.39, 0.29) is 5.41 Å². The number of imidazole rings is 1. The monoisotopic (exact) mass is 491 g/mol. The number of methoxy groups -OCH3 is 1. The van der Waals surface area contributed by atoms with Crippen LogP contribution in [0.2, 0.25) is 0 Å². The summed E-state index contributed by atoms with van der Waals surface area (Å²) in [6, 6.07) is 17.6. The molecule has 7 heteroatoms. The van der Waals surface area contributed by atoms with Crippen molar-refractivity contribution in [1.82, 2.24) is 19.8 Å². The lowest BCUT2D eigenvalue weighted by Crippen LogP contribution is -2.42. The van der Waals surface area contributed by atoms with Gasteiger partial charge in [0, 0.05) is 44.2 Å². The van der Waals surface area contributed by atoms with E-state index in [2.05, 4.69) is 68.6 Å². The molecule has 36 heavy (non-hydrogen) atoms. The highest BCUT2D eigenvalue weighted by Gasteiger charge is 2.36. The molecule has 2 N–H and O–H groups in total. The Morgan fingerprint density at radius 1 is 1.08 bits per heavy atom. The fraction of sp³-hybridized carbons (Fsp3) is 0.552. The minimum atomic E-state index is 0.229. The Labute approximate surface area is 215 Å². The quantitative estimate of drug-likeness (QED) is 0.391. The first-order chi connectivity index (χ1) is 17.7. The maximum Gasteiger partial charge on any atom is 0.204 e. The molecule has 1 aromatic heterocycles. The second-order valence-electron chi connectivity index (χ2n) is 10.2. The number of benzene rings is 2. The minimum Gasteiger partial charge on any atom is -0.497 e. The Morgan fingerprint density at radius 3 is 2.61 bits per heavy atom. The van der Waals surface area contributed by atoms with E-state index in [1.54, 1.807) is 7.11 Å². The van der Waals surface area contributed by atoms with Gasteiger partial charge < -0.3 is 29.6 Å². The zero-order valence-electron chi connectivity index (χ0n) is 21.8. The average molecular weight is 492 g/mol. The lowest BCUT2D eigenvalue weighted by Gasteiger charge is -2.36. The predicted octanol–water partition coefficient (Wildman–Crippen LogP) is 4.28. The molecule has 2 aliphatic heterocycles. The number of hydrogen-bond donors (Lipinski definition) is 2. The Hall–Kier alpha value is -2.61. The number of anilines is 1. The van der Waals surface area contributed by atoms with Crippen molar-refractivity contribution in [1.29, 1.82) is 0 Å². The van der Waals surface area contributed by atoms with Crippen molar-refractivity contribution in [3.63, 3.8) is 0 Å². The summed E-state index contributed by atoms with van der Waals surface area (Å²) in [7, 11) is 1.73. The van der Waals surface area contributed by atoms with Gasteiger partial charge in [0.2, 0.25) is 5.95 Å². The van der Waals surface area contributed by atoms with Crippen molar-refractivity contribution >= 4 is 17.0 Å². The third kappa shape index (κ3) is 5.53. The molecule has 2 aliphatic rings. The van der Waals surface area contributed by atoms with Crippen LogP contribution in [0.25, 0.3) is 11.0 Å². The molecule has 0 amide bonds. The molecule has 2 aromatic carbocycles. The van der Waals surface area contributed by atoms with Gasteiger partial charge in [0.25, 0.3) is 0 Å². The van der Waals surface area contributed by atoms with Crippen LogP contribution in [0.5, 0.6) is 5.75 Å². The van der Waals surface area contributed by atoms with Crippen molar-refractivity contribution in [2.24, 2.45) is 0 Å². The van der Waals surface area contributed by atoms with Crippen LogP contribution in [-0.2, 0) is 16.7 Å². The summed E-state index contributed by atoms with van der Waals surface area (Å²) < 4.78 is 13.3. The Morgan fingerprint density at radius 2 is 1.89 bits per heavy atom. The number of nitrogens with one attached hydrogen (secondary N) is 2. The molecular weight excluding hydrogens is 450 g/mol. The Kier molecular flexibility index (Phi) is 8.09. The van der Waals surface area contributed by atoms with Crippen molar-refractivity contribution in [3.05, 3.63) is 54.1 Å². The van der Waals surface area contributed by atoms with Gasteiger partial charge in [0.1, 0.15) is 5.75 Å². The smallest absolute Gasteiger partial charge is 0.204 e. The number of ether oxygens (including phenoxy) is 2. The number of aromatic nitrogens is 2. The SMILES string of the molecule is CCOCCn1c(NC2CCN(CCC3(c4ccc(OC)cc4)CCNC3)CC2)nc2ccccc21. The largest absolute Gasteiger partial charge is 0.497 e. The van der Waals surface area contributed by atoms with Gasteiger partial charge in [-0.25, -0.2) is 4.98 Å². The minimum absolute atomic E-state index is 0.229. The standard InChI is InChI=1S/C29H41N5O2/c1-3-36-21-20-34-27-7-5-4-6-26(27)32-28(34)31-24-12-17-33(18-13-24)19-15-29(14-16-30-22-29)23-8-10-25(35-2)11-9-23/h4-11,24,30H,3,12-22H2,1-2H3,(H,31,32). The Bertz CT molecular complexity index is 1100. The molecule has 3 heterocycles. The van der Waals surface area contributed by atoms with Gasteiger partial charge >= 0.3 is 0 Å². The van der Waals surface area contributed by atoms with Crippen LogP contribution in [0.3, 0.4) is 0 Å². The van der Waals surface area contributed by atoms with E-state index in [0.29, 0.717) is 12.6 Å². The summed E-state index contributed by atoms with van der Waals surface area (Å²) in [4.78, 5) is 7.57. The number of para-hydroxylation sites is 2. The van der Waals surface area contributed by atoms with E-state index < -0.39 is 0 Å². The fourth-order valence-corrected chi connectivity index (χ4v) is 5.86. The van der Waals surface area contributed by atoms with Crippen molar-refractivity contribution in [3.8, 4) is 5.75 Å². The summed E-state index contributed by atoms with van der Waals surface area (Å²) in [6.07, 6.45) is 4.68. The van der Waals surface area contributed by atoms with Crippen LogP contribution >= 0.6 is 0 Å². The highest BCUT2D eigenvalue weighted by atomic mass is 16.5. The van der Waals surface area contributed by atoms with Gasteiger partial charge in [0.15, 0.2) is 0 Å². The summed E-state index contributed by atoms with van der Waals surface area (Å²) in [6.45, 7) is 9.87. The van der Waals surface area contributed by atoms with Gasteiger partial charge in [-0.05, 0) is 75.5 Å². The molecule has 0 aliphatic carbocycles. The molecule has 0 saturated carbocycles. The van der Waals surface area contributed by atoms with Crippen LogP contribution in [-0.4, -0.2) is 73.5 Å². The topological polar surface area (TPSA) is 63.6 Å². The average Bonchev–Trinajstić information content (AvgIpc) is 3.54. The van der Waals surface area contributed by atoms with Crippen LogP contribution in [0.1, 0.15) is 38.2 Å². The highest BCUT2D eigenvalue weighted by Crippen LogP contribution is 2.35. The molecular formula is C29H41N5O2. The van der Waals surface area contributed by atoms with Gasteiger partial charge in [-0.15, -0.1) is 0 Å². The van der Waals surface area contributed by atoms with Gasteiger partial charge in [-0.1, -0.05) is 24.3 Å². The second-order valence-corrected chi connectivity index (χ2v) is 10.2. The van der Waals surface area contributed by atoms with Crippen LogP contribution in [0, 0.1) is 0 Å². The number of nitrogens with zero attached hydrogens (tertiary/aromatic N) is 3. The fourth-order valence-electron chi connectivity index (χ4n) is 5.86.